The van der Waals surface area contributed by atoms with E-state index in [9.17, 15) is 33.0 Å². The van der Waals surface area contributed by atoms with Crippen LogP contribution in [0.25, 0.3) is 6.08 Å². The Bertz CT molecular complexity index is 1560. The van der Waals surface area contributed by atoms with Crippen LogP contribution in [0.5, 0.6) is 0 Å². The van der Waals surface area contributed by atoms with Crippen molar-refractivity contribution in [1.82, 2.24) is 14.7 Å². The summed E-state index contributed by atoms with van der Waals surface area (Å²) >= 11 is 0. The normalized spacial score (nSPS) is 33.9. The van der Waals surface area contributed by atoms with E-state index in [1.807, 2.05) is 24.9 Å². The minimum atomic E-state index is -4.13. The van der Waals surface area contributed by atoms with Gasteiger partial charge in [0.1, 0.15) is 5.60 Å². The van der Waals surface area contributed by atoms with Crippen molar-refractivity contribution < 1.29 is 42.3 Å². The second kappa shape index (κ2) is 13.6. The zero-order valence-corrected chi connectivity index (χ0v) is 29.8. The summed E-state index contributed by atoms with van der Waals surface area (Å²) in [5.41, 5.74) is 0.915. The zero-order valence-electron chi connectivity index (χ0n) is 29.0. The number of hydrogen-bond acceptors (Lipinski definition) is 9. The van der Waals surface area contributed by atoms with Crippen LogP contribution in [0.1, 0.15) is 96.2 Å². The maximum Gasteiger partial charge on any atom is 0.306 e. The number of nitrogens with zero attached hydrogens (tertiary/aromatic N) is 3. The van der Waals surface area contributed by atoms with Gasteiger partial charge < -0.3 is 19.8 Å². The number of rotatable bonds is 13. The summed E-state index contributed by atoms with van der Waals surface area (Å²) in [4.78, 5) is 39.5. The van der Waals surface area contributed by atoms with Crippen LogP contribution in [0.15, 0.2) is 11.8 Å². The molecule has 0 saturated heterocycles. The maximum atomic E-state index is 13.6. The molecule has 3 N–H and O–H groups in total. The first-order valence-electron chi connectivity index (χ1n) is 17.4. The molecule has 1 amide bonds. The number of fused-ring (bicyclic) bond motifs is 6. The number of aliphatic hydroxyl groups is 2. The maximum absolute atomic E-state index is 13.6. The predicted octanol–water partition coefficient (Wildman–Crippen LogP) is 3.35. The quantitative estimate of drug-likeness (QED) is 0.158. The molecule has 4 aliphatic carbocycles. The van der Waals surface area contributed by atoms with Gasteiger partial charge in [-0.2, -0.15) is 13.5 Å². The van der Waals surface area contributed by atoms with Gasteiger partial charge in [0.2, 0.25) is 11.7 Å². The Hall–Kier alpha value is -2.61. The lowest BCUT2D eigenvalue weighted by Crippen LogP contribution is -2.63. The number of carbonyl (C=O) groups excluding carboxylic acids is 3. The SMILES string of the molecule is C[C@H]1C[C@@H]2[C@H]([C@@H](O)C[C@@]3(C)[C@H]2CC[C@]3(O)C(=O)COC(=O)CCCCCCC(=O)N(C)CCS(=O)(=O)O)[C@@]2(C)Cc3cnn(C)c3C=C12. The Labute approximate surface area is 284 Å². The standard InChI is InChI=1S/C35H53N3O9S/c1-22-16-24-25-12-13-35(43,29(40)21-47-31(42)11-9-7-6-8-10-30(41)37(4)14-15-48(44,45)46)34(25,3)19-28(39)32(24)33(2)18-23-20-36-38(5)27(23)17-26(22)33/h17,20,22,24-25,28,32,39,43H,6-16,18-19,21H2,1-5H3,(H,44,45,46)/t22-,24-,25-,28-,32+,33-,34-,35-/m0/s1. The number of allylic oxidation sites excluding steroid dienone is 1. The molecular weight excluding hydrogens is 638 g/mol. The number of unbranched alkanes of at least 4 members (excludes halogenated alkanes) is 3. The fourth-order valence-corrected chi connectivity index (χ4v) is 10.5. The minimum Gasteiger partial charge on any atom is -0.458 e. The molecule has 0 bridgehead atoms. The highest BCUT2D eigenvalue weighted by Crippen LogP contribution is 2.68. The second-order valence-corrected chi connectivity index (χ2v) is 17.1. The number of ether oxygens (including phenoxy) is 1. The van der Waals surface area contributed by atoms with Crippen LogP contribution < -0.4 is 0 Å². The van der Waals surface area contributed by atoms with Gasteiger partial charge in [-0.05, 0) is 85.7 Å². The van der Waals surface area contributed by atoms with E-state index in [4.69, 9.17) is 9.29 Å². The third kappa shape index (κ3) is 6.76. The lowest BCUT2D eigenvalue weighted by molar-refractivity contribution is -0.185. The van der Waals surface area contributed by atoms with Gasteiger partial charge in [0.15, 0.2) is 6.61 Å². The number of Topliss-reactive ketones (excluding diaryl/α,β-unsaturated/α-hetero) is 1. The molecule has 268 valence electrons. The molecular formula is C35H53N3O9S. The van der Waals surface area contributed by atoms with Gasteiger partial charge in [0.05, 0.1) is 23.7 Å². The van der Waals surface area contributed by atoms with Crippen LogP contribution in [0.3, 0.4) is 0 Å². The Morgan fingerprint density at radius 3 is 2.52 bits per heavy atom. The van der Waals surface area contributed by atoms with Crippen LogP contribution in [0.4, 0.5) is 0 Å². The van der Waals surface area contributed by atoms with Crippen molar-refractivity contribution in [2.24, 2.45) is 41.5 Å². The summed E-state index contributed by atoms with van der Waals surface area (Å²) in [6.07, 6.45) is 9.27. The molecule has 4 aliphatic rings. The van der Waals surface area contributed by atoms with E-state index in [1.165, 1.54) is 23.1 Å². The fourth-order valence-electron chi connectivity index (χ4n) is 10.0. The summed E-state index contributed by atoms with van der Waals surface area (Å²) in [6.45, 7) is 5.88. The molecule has 3 saturated carbocycles. The number of ketones is 1. The molecule has 0 radical (unpaired) electrons. The monoisotopic (exact) mass is 691 g/mol. The molecule has 3 fully saturated rings. The Kier molecular flexibility index (Phi) is 10.4. The highest BCUT2D eigenvalue weighted by Gasteiger charge is 2.69. The molecule has 8 atom stereocenters. The molecule has 48 heavy (non-hydrogen) atoms. The molecule has 5 rings (SSSR count). The first kappa shape index (κ1) is 36.7. The highest BCUT2D eigenvalue weighted by molar-refractivity contribution is 7.85. The van der Waals surface area contributed by atoms with E-state index >= 15 is 0 Å². The molecule has 13 heteroatoms. The third-order valence-electron chi connectivity index (χ3n) is 12.5. The van der Waals surface area contributed by atoms with Crippen molar-refractivity contribution in [3.63, 3.8) is 0 Å². The topological polar surface area (TPSA) is 176 Å². The average Bonchev–Trinajstić information content (AvgIpc) is 3.49. The zero-order chi connectivity index (χ0) is 35.2. The molecule has 1 aromatic rings. The van der Waals surface area contributed by atoms with Crippen molar-refractivity contribution >= 4 is 33.9 Å². The summed E-state index contributed by atoms with van der Waals surface area (Å²) < 4.78 is 37.8. The lowest BCUT2D eigenvalue weighted by atomic mass is 9.44. The average molecular weight is 692 g/mol. The van der Waals surface area contributed by atoms with Gasteiger partial charge in [-0.25, -0.2) is 0 Å². The van der Waals surface area contributed by atoms with E-state index in [2.05, 4.69) is 25.0 Å². The number of hydrogen-bond donors (Lipinski definition) is 3. The van der Waals surface area contributed by atoms with Gasteiger partial charge in [0, 0.05) is 38.9 Å². The van der Waals surface area contributed by atoms with Gasteiger partial charge >= 0.3 is 5.97 Å². The summed E-state index contributed by atoms with van der Waals surface area (Å²) in [6, 6.07) is 0. The number of carbonyl (C=O) groups is 3. The molecule has 0 spiro atoms. The van der Waals surface area contributed by atoms with Gasteiger partial charge in [0.25, 0.3) is 10.1 Å². The van der Waals surface area contributed by atoms with E-state index < -0.39 is 51.4 Å². The number of amides is 1. The number of aliphatic hydroxyl groups excluding tert-OH is 1. The largest absolute Gasteiger partial charge is 0.458 e. The van der Waals surface area contributed by atoms with E-state index in [0.29, 0.717) is 44.4 Å². The second-order valence-electron chi connectivity index (χ2n) is 15.5. The Morgan fingerprint density at radius 2 is 1.83 bits per heavy atom. The molecule has 1 heterocycles. The summed E-state index contributed by atoms with van der Waals surface area (Å²) in [5, 5.41) is 28.4. The van der Waals surface area contributed by atoms with Crippen molar-refractivity contribution in [2.75, 3.05) is 26.0 Å². The number of aromatic nitrogens is 2. The van der Waals surface area contributed by atoms with Crippen LogP contribution in [-0.2, 0) is 42.7 Å². The summed E-state index contributed by atoms with van der Waals surface area (Å²) in [7, 11) is -0.686. The van der Waals surface area contributed by atoms with Gasteiger partial charge in [-0.1, -0.05) is 39.2 Å². The van der Waals surface area contributed by atoms with E-state index in [0.717, 1.165) is 18.5 Å². The number of esters is 1. The van der Waals surface area contributed by atoms with Crippen LogP contribution >= 0.6 is 0 Å². The van der Waals surface area contributed by atoms with Crippen LogP contribution in [0, 0.1) is 34.5 Å². The number of aryl methyl sites for hydroxylation is 1. The summed E-state index contributed by atoms with van der Waals surface area (Å²) in [5.74, 6) is -1.25. The van der Waals surface area contributed by atoms with Crippen LogP contribution in [0.2, 0.25) is 0 Å². The van der Waals surface area contributed by atoms with Crippen molar-refractivity contribution in [3.05, 3.63) is 23.0 Å². The molecule has 0 aromatic carbocycles. The predicted molar refractivity (Wildman–Crippen MR) is 178 cm³/mol. The van der Waals surface area contributed by atoms with E-state index in [1.54, 1.807) is 0 Å². The fraction of sp³-hybridized carbons (Fsp3) is 0.771. The smallest absolute Gasteiger partial charge is 0.306 e. The molecule has 0 unspecified atom stereocenters. The van der Waals surface area contributed by atoms with Gasteiger partial charge in [-0.15, -0.1) is 0 Å². The molecule has 12 nitrogen and oxygen atoms in total. The van der Waals surface area contributed by atoms with E-state index in [-0.39, 0.29) is 54.9 Å². The van der Waals surface area contributed by atoms with Crippen molar-refractivity contribution in [1.29, 1.82) is 0 Å². The highest BCUT2D eigenvalue weighted by atomic mass is 32.2. The Balaban J connectivity index is 1.12. The van der Waals surface area contributed by atoms with Crippen molar-refractivity contribution in [3.8, 4) is 0 Å². The lowest BCUT2D eigenvalue weighted by Gasteiger charge is -2.61. The van der Waals surface area contributed by atoms with Crippen LogP contribution in [-0.4, -0.2) is 93.2 Å². The van der Waals surface area contributed by atoms with Crippen molar-refractivity contribution in [2.45, 2.75) is 103 Å². The minimum absolute atomic E-state index is 0.00534. The van der Waals surface area contributed by atoms with Gasteiger partial charge in [-0.3, -0.25) is 23.6 Å². The third-order valence-corrected chi connectivity index (χ3v) is 13.2. The first-order valence-corrected chi connectivity index (χ1v) is 19.0. The first-order chi connectivity index (χ1) is 22.4. The molecule has 0 aliphatic heterocycles. The molecule has 1 aromatic heterocycles. The Morgan fingerprint density at radius 1 is 1.15 bits per heavy atom.